The highest BCUT2D eigenvalue weighted by atomic mass is 19.1. The number of anilines is 2. The molecule has 0 aliphatic rings. The van der Waals surface area contributed by atoms with E-state index in [-0.39, 0.29) is 5.69 Å². The van der Waals surface area contributed by atoms with Gasteiger partial charge in [-0.1, -0.05) is 0 Å². The van der Waals surface area contributed by atoms with E-state index in [0.717, 1.165) is 0 Å². The van der Waals surface area contributed by atoms with Crippen molar-refractivity contribution in [1.82, 2.24) is 0 Å². The average molecular weight is 240 g/mol. The molecule has 17 heavy (non-hydrogen) atoms. The Bertz CT molecular complexity index is 439. The lowest BCUT2D eigenvalue weighted by Crippen LogP contribution is -2.27. The maximum atomic E-state index is 13.7. The molecule has 0 fully saturated rings. The number of carbonyl (C=O) groups is 1. The van der Waals surface area contributed by atoms with Crippen LogP contribution >= 0.6 is 0 Å². The smallest absolute Gasteiger partial charge is 0.412 e. The quantitative estimate of drug-likeness (QED) is 0.741. The zero-order valence-electron chi connectivity index (χ0n) is 10.4. The van der Waals surface area contributed by atoms with E-state index in [0.29, 0.717) is 11.3 Å². The number of benzene rings is 1. The fourth-order valence-electron chi connectivity index (χ4n) is 1.21. The van der Waals surface area contributed by atoms with Gasteiger partial charge in [-0.2, -0.15) is 0 Å². The Balaban J connectivity index is 2.83. The van der Waals surface area contributed by atoms with Crippen molar-refractivity contribution in [3.63, 3.8) is 0 Å². The second-order valence-electron chi connectivity index (χ2n) is 4.77. The minimum absolute atomic E-state index is 0.0611. The lowest BCUT2D eigenvalue weighted by molar-refractivity contribution is 0.0635. The van der Waals surface area contributed by atoms with Gasteiger partial charge in [0.15, 0.2) is 5.82 Å². The van der Waals surface area contributed by atoms with Crippen LogP contribution < -0.4 is 11.1 Å². The molecule has 0 heterocycles. The number of nitrogens with two attached hydrogens (primary N) is 1. The highest BCUT2D eigenvalue weighted by Crippen LogP contribution is 2.23. The van der Waals surface area contributed by atoms with E-state index in [1.54, 1.807) is 27.7 Å². The predicted octanol–water partition coefficient (Wildman–Crippen LogP) is 3.06. The maximum absolute atomic E-state index is 13.7. The minimum Gasteiger partial charge on any atom is -0.444 e. The molecule has 1 amide bonds. The number of halogens is 1. The van der Waals surface area contributed by atoms with Gasteiger partial charge in [0, 0.05) is 11.3 Å². The molecule has 0 aliphatic carbocycles. The third kappa shape index (κ3) is 3.62. The van der Waals surface area contributed by atoms with Gasteiger partial charge in [-0.25, -0.2) is 9.18 Å². The fourth-order valence-corrected chi connectivity index (χ4v) is 1.21. The van der Waals surface area contributed by atoms with Crippen molar-refractivity contribution in [1.29, 1.82) is 0 Å². The normalized spacial score (nSPS) is 11.1. The molecule has 0 bridgehead atoms. The molecule has 0 saturated carbocycles. The number of amides is 1. The number of carbonyl (C=O) groups excluding carboxylic acids is 1. The topological polar surface area (TPSA) is 64.3 Å². The summed E-state index contributed by atoms with van der Waals surface area (Å²) in [5.41, 5.74) is 5.63. The van der Waals surface area contributed by atoms with Crippen LogP contribution in [0.1, 0.15) is 26.3 Å². The van der Waals surface area contributed by atoms with Crippen molar-refractivity contribution in [2.24, 2.45) is 0 Å². The molecule has 0 aromatic heterocycles. The van der Waals surface area contributed by atoms with E-state index in [1.165, 1.54) is 12.1 Å². The first-order valence-electron chi connectivity index (χ1n) is 5.25. The largest absolute Gasteiger partial charge is 0.444 e. The zero-order chi connectivity index (χ0) is 13.2. The Morgan fingerprint density at radius 1 is 1.41 bits per heavy atom. The second kappa shape index (κ2) is 4.61. The zero-order valence-corrected chi connectivity index (χ0v) is 10.4. The molecule has 3 N–H and O–H groups in total. The highest BCUT2D eigenvalue weighted by molar-refractivity contribution is 5.85. The van der Waals surface area contributed by atoms with Crippen molar-refractivity contribution >= 4 is 17.5 Å². The SMILES string of the molecule is Cc1c(N)ccc(NC(=O)OC(C)(C)C)c1F. The van der Waals surface area contributed by atoms with Crippen molar-refractivity contribution in [3.05, 3.63) is 23.5 Å². The molecule has 0 radical (unpaired) electrons. The van der Waals surface area contributed by atoms with Gasteiger partial charge in [-0.3, -0.25) is 5.32 Å². The Kier molecular flexibility index (Phi) is 3.60. The maximum Gasteiger partial charge on any atom is 0.412 e. The molecule has 1 rings (SSSR count). The number of hydrogen-bond acceptors (Lipinski definition) is 3. The lowest BCUT2D eigenvalue weighted by atomic mass is 10.1. The standard InChI is InChI=1S/C12H17FN2O2/c1-7-8(14)5-6-9(10(7)13)15-11(16)17-12(2,3)4/h5-6H,14H2,1-4H3,(H,15,16). The van der Waals surface area contributed by atoms with Crippen LogP contribution in [0, 0.1) is 12.7 Å². The minimum atomic E-state index is -0.694. The Hall–Kier alpha value is -1.78. The number of rotatable bonds is 1. The van der Waals surface area contributed by atoms with Gasteiger partial charge < -0.3 is 10.5 Å². The molecular weight excluding hydrogens is 223 g/mol. The van der Waals surface area contributed by atoms with Gasteiger partial charge in [0.2, 0.25) is 0 Å². The average Bonchev–Trinajstić information content (AvgIpc) is 2.16. The first-order chi connectivity index (χ1) is 7.70. The summed E-state index contributed by atoms with van der Waals surface area (Å²) in [5, 5.41) is 2.34. The summed E-state index contributed by atoms with van der Waals surface area (Å²) >= 11 is 0. The van der Waals surface area contributed by atoms with Crippen LogP contribution in [0.5, 0.6) is 0 Å². The van der Waals surface area contributed by atoms with Gasteiger partial charge in [0.1, 0.15) is 5.60 Å². The first kappa shape index (κ1) is 13.3. The molecule has 0 spiro atoms. The van der Waals surface area contributed by atoms with E-state index in [2.05, 4.69) is 5.32 Å². The van der Waals surface area contributed by atoms with Crippen LogP contribution in [0.15, 0.2) is 12.1 Å². The molecule has 0 aliphatic heterocycles. The molecule has 0 unspecified atom stereocenters. The summed E-state index contributed by atoms with van der Waals surface area (Å²) < 4.78 is 18.7. The van der Waals surface area contributed by atoms with Gasteiger partial charge in [-0.05, 0) is 39.8 Å². The summed E-state index contributed by atoms with van der Waals surface area (Å²) in [6.07, 6.45) is -0.694. The van der Waals surface area contributed by atoms with Crippen LogP contribution in [0.3, 0.4) is 0 Å². The molecule has 1 aromatic carbocycles. The molecule has 94 valence electrons. The van der Waals surface area contributed by atoms with Crippen molar-refractivity contribution in [2.75, 3.05) is 11.1 Å². The summed E-state index contributed by atoms with van der Waals surface area (Å²) in [4.78, 5) is 11.4. The molecule has 1 aromatic rings. The number of ether oxygens (including phenoxy) is 1. The van der Waals surface area contributed by atoms with Crippen molar-refractivity contribution < 1.29 is 13.9 Å². The summed E-state index contributed by atoms with van der Waals surface area (Å²) in [5.74, 6) is -0.546. The first-order valence-corrected chi connectivity index (χ1v) is 5.25. The van der Waals surface area contributed by atoms with Gasteiger partial charge in [0.05, 0.1) is 5.69 Å². The van der Waals surface area contributed by atoms with Crippen LogP contribution in [-0.2, 0) is 4.74 Å². The molecular formula is C12H17FN2O2. The predicted molar refractivity (Wildman–Crippen MR) is 65.4 cm³/mol. The number of nitrogens with one attached hydrogen (secondary N) is 1. The monoisotopic (exact) mass is 240 g/mol. The lowest BCUT2D eigenvalue weighted by Gasteiger charge is -2.20. The van der Waals surface area contributed by atoms with Crippen LogP contribution in [0.25, 0.3) is 0 Å². The van der Waals surface area contributed by atoms with Gasteiger partial charge >= 0.3 is 6.09 Å². The van der Waals surface area contributed by atoms with Crippen LogP contribution in [0.4, 0.5) is 20.6 Å². The van der Waals surface area contributed by atoms with Crippen molar-refractivity contribution in [2.45, 2.75) is 33.3 Å². The third-order valence-electron chi connectivity index (χ3n) is 2.06. The van der Waals surface area contributed by atoms with Gasteiger partial charge in [-0.15, -0.1) is 0 Å². The fraction of sp³-hybridized carbons (Fsp3) is 0.417. The van der Waals surface area contributed by atoms with E-state index < -0.39 is 17.5 Å². The Labute approximate surface area is 100.0 Å². The number of nitrogen functional groups attached to an aromatic ring is 1. The van der Waals surface area contributed by atoms with Crippen molar-refractivity contribution in [3.8, 4) is 0 Å². The molecule has 4 nitrogen and oxygen atoms in total. The Morgan fingerprint density at radius 3 is 2.53 bits per heavy atom. The molecule has 5 heteroatoms. The Morgan fingerprint density at radius 2 is 2.00 bits per heavy atom. The van der Waals surface area contributed by atoms with E-state index in [4.69, 9.17) is 10.5 Å². The van der Waals surface area contributed by atoms with Crippen LogP contribution in [-0.4, -0.2) is 11.7 Å². The van der Waals surface area contributed by atoms with E-state index >= 15 is 0 Å². The van der Waals surface area contributed by atoms with E-state index in [1.807, 2.05) is 0 Å². The molecule has 0 atom stereocenters. The van der Waals surface area contributed by atoms with Gasteiger partial charge in [0.25, 0.3) is 0 Å². The summed E-state index contributed by atoms with van der Waals surface area (Å²) in [6, 6.07) is 2.94. The molecule has 0 saturated heterocycles. The third-order valence-corrected chi connectivity index (χ3v) is 2.06. The summed E-state index contributed by atoms with van der Waals surface area (Å²) in [7, 11) is 0. The van der Waals surface area contributed by atoms with Crippen LogP contribution in [0.2, 0.25) is 0 Å². The van der Waals surface area contributed by atoms with E-state index in [9.17, 15) is 9.18 Å². The highest BCUT2D eigenvalue weighted by Gasteiger charge is 2.18. The second-order valence-corrected chi connectivity index (χ2v) is 4.77. The summed E-state index contributed by atoms with van der Waals surface area (Å²) in [6.45, 7) is 6.75. The number of hydrogen-bond donors (Lipinski definition) is 2.